The molecule has 2 aliphatic rings. The van der Waals surface area contributed by atoms with Gasteiger partial charge in [-0.2, -0.15) is 0 Å². The van der Waals surface area contributed by atoms with Gasteiger partial charge in [0.15, 0.2) is 0 Å². The van der Waals surface area contributed by atoms with Crippen molar-refractivity contribution in [2.45, 2.75) is 45.1 Å². The van der Waals surface area contributed by atoms with E-state index < -0.39 is 0 Å². The van der Waals surface area contributed by atoms with Crippen molar-refractivity contribution < 1.29 is 4.79 Å². The van der Waals surface area contributed by atoms with Gasteiger partial charge >= 0.3 is 0 Å². The Balaban J connectivity index is 1.91. The summed E-state index contributed by atoms with van der Waals surface area (Å²) in [5, 5.41) is 1.35. The molecule has 0 spiro atoms. The number of hydrogen-bond donors (Lipinski definition) is 1. The third-order valence-corrected chi connectivity index (χ3v) is 5.32. The monoisotopic (exact) mass is 282 g/mol. The molecule has 0 saturated carbocycles. The summed E-state index contributed by atoms with van der Waals surface area (Å²) in [4.78, 5) is 18.2. The van der Waals surface area contributed by atoms with Crippen molar-refractivity contribution in [3.8, 4) is 0 Å². The highest BCUT2D eigenvalue weighted by atomic mass is 16.2. The van der Waals surface area contributed by atoms with Crippen molar-refractivity contribution in [2.75, 3.05) is 6.54 Å². The lowest BCUT2D eigenvalue weighted by atomic mass is 9.84. The molecule has 3 heteroatoms. The highest BCUT2D eigenvalue weighted by Crippen LogP contribution is 2.43. The molecule has 0 unspecified atom stereocenters. The molecule has 4 rings (SSSR count). The molecular weight excluding hydrogens is 260 g/mol. The average molecular weight is 282 g/mol. The summed E-state index contributed by atoms with van der Waals surface area (Å²) >= 11 is 0. The predicted octanol–water partition coefficient (Wildman–Crippen LogP) is 3.80. The van der Waals surface area contributed by atoms with Crippen LogP contribution < -0.4 is 0 Å². The molecule has 3 heterocycles. The summed E-state index contributed by atoms with van der Waals surface area (Å²) in [7, 11) is 0. The number of benzene rings is 1. The van der Waals surface area contributed by atoms with Crippen LogP contribution in [0.5, 0.6) is 0 Å². The fourth-order valence-electron chi connectivity index (χ4n) is 4.27. The molecule has 1 amide bonds. The maximum absolute atomic E-state index is 12.4. The number of piperidine rings is 1. The second-order valence-corrected chi connectivity index (χ2v) is 6.41. The fourth-order valence-corrected chi connectivity index (χ4v) is 4.27. The van der Waals surface area contributed by atoms with Crippen LogP contribution >= 0.6 is 0 Å². The summed E-state index contributed by atoms with van der Waals surface area (Å²) in [5.41, 5.74) is 3.98. The van der Waals surface area contributed by atoms with E-state index >= 15 is 0 Å². The van der Waals surface area contributed by atoms with Crippen molar-refractivity contribution in [1.82, 2.24) is 9.88 Å². The number of rotatable bonds is 1. The summed E-state index contributed by atoms with van der Waals surface area (Å²) in [5.74, 6) is 0.934. The van der Waals surface area contributed by atoms with E-state index in [2.05, 4.69) is 41.1 Å². The number of amides is 1. The van der Waals surface area contributed by atoms with Crippen LogP contribution in [0.1, 0.15) is 49.9 Å². The first-order chi connectivity index (χ1) is 10.3. The first kappa shape index (κ1) is 12.9. The lowest BCUT2D eigenvalue weighted by Crippen LogP contribution is -2.42. The molecule has 21 heavy (non-hydrogen) atoms. The second-order valence-electron chi connectivity index (χ2n) is 6.41. The number of aromatic amines is 1. The maximum atomic E-state index is 12.4. The van der Waals surface area contributed by atoms with Gasteiger partial charge in [0.05, 0.1) is 6.04 Å². The minimum Gasteiger partial charge on any atom is -0.356 e. The van der Waals surface area contributed by atoms with Gasteiger partial charge in [0.2, 0.25) is 5.91 Å². The molecule has 2 atom stereocenters. The molecule has 0 radical (unpaired) electrons. The number of carbonyl (C=O) groups is 1. The van der Waals surface area contributed by atoms with Gasteiger partial charge in [0.1, 0.15) is 0 Å². The number of aromatic nitrogens is 1. The summed E-state index contributed by atoms with van der Waals surface area (Å²) in [6, 6.07) is 8.83. The Labute approximate surface area is 125 Å². The van der Waals surface area contributed by atoms with E-state index in [4.69, 9.17) is 0 Å². The van der Waals surface area contributed by atoms with E-state index in [1.165, 1.54) is 22.2 Å². The van der Waals surface area contributed by atoms with Crippen LogP contribution in [0.15, 0.2) is 24.3 Å². The number of H-pyrrole nitrogens is 1. The molecule has 2 aliphatic heterocycles. The minimum atomic E-state index is 0.265. The molecule has 1 aromatic heterocycles. The Bertz CT molecular complexity index is 688. The number of carbonyl (C=O) groups excluding carboxylic acids is 1. The smallest absolute Gasteiger partial charge is 0.223 e. The quantitative estimate of drug-likeness (QED) is 0.848. The van der Waals surface area contributed by atoms with Crippen LogP contribution in [0.2, 0.25) is 0 Å². The van der Waals surface area contributed by atoms with Crippen LogP contribution in [0, 0.1) is 5.92 Å². The average Bonchev–Trinajstić information content (AvgIpc) is 2.76. The van der Waals surface area contributed by atoms with Gasteiger partial charge in [-0.25, -0.2) is 0 Å². The first-order valence-electron chi connectivity index (χ1n) is 8.18. The molecule has 110 valence electrons. The SMILES string of the molecule is CC[C@@H]1CCC(=O)N2CCCc3c([nH]c4ccccc34)[C@@H]12. The highest BCUT2D eigenvalue weighted by molar-refractivity contribution is 5.86. The molecule has 1 N–H and O–H groups in total. The molecule has 1 saturated heterocycles. The Morgan fingerprint density at radius 2 is 2.14 bits per heavy atom. The summed E-state index contributed by atoms with van der Waals surface area (Å²) in [6.45, 7) is 3.17. The summed E-state index contributed by atoms with van der Waals surface area (Å²) in [6.07, 6.45) is 5.06. The van der Waals surface area contributed by atoms with Crippen LogP contribution in [0.3, 0.4) is 0 Å². The number of hydrogen-bond acceptors (Lipinski definition) is 1. The van der Waals surface area contributed by atoms with Crippen molar-refractivity contribution in [1.29, 1.82) is 0 Å². The van der Waals surface area contributed by atoms with Gasteiger partial charge in [-0.1, -0.05) is 31.5 Å². The van der Waals surface area contributed by atoms with Crippen molar-refractivity contribution in [3.63, 3.8) is 0 Å². The summed E-state index contributed by atoms with van der Waals surface area (Å²) < 4.78 is 0. The van der Waals surface area contributed by atoms with Gasteiger partial charge in [0.25, 0.3) is 0 Å². The van der Waals surface area contributed by atoms with E-state index in [1.807, 2.05) is 0 Å². The van der Waals surface area contributed by atoms with E-state index in [-0.39, 0.29) is 6.04 Å². The van der Waals surface area contributed by atoms with E-state index in [0.29, 0.717) is 11.8 Å². The van der Waals surface area contributed by atoms with Crippen LogP contribution in [-0.2, 0) is 11.2 Å². The van der Waals surface area contributed by atoms with Crippen LogP contribution in [0.4, 0.5) is 0 Å². The Morgan fingerprint density at radius 3 is 3.00 bits per heavy atom. The third-order valence-electron chi connectivity index (χ3n) is 5.32. The van der Waals surface area contributed by atoms with Crippen LogP contribution in [-0.4, -0.2) is 22.3 Å². The third kappa shape index (κ3) is 1.90. The number of fused-ring (bicyclic) bond motifs is 5. The van der Waals surface area contributed by atoms with E-state index in [9.17, 15) is 4.79 Å². The Morgan fingerprint density at radius 1 is 1.29 bits per heavy atom. The number of aryl methyl sites for hydroxylation is 1. The zero-order chi connectivity index (χ0) is 14.4. The lowest BCUT2D eigenvalue weighted by Gasteiger charge is -2.40. The fraction of sp³-hybridized carbons (Fsp3) is 0.500. The Hall–Kier alpha value is -1.77. The standard InChI is InChI=1S/C18H22N2O/c1-2-12-9-10-16(21)20-11-5-7-14-13-6-3-4-8-15(13)19-17(14)18(12)20/h3-4,6,8,12,18-19H,2,5,7,9-11H2,1H3/t12-,18-/m1/s1. The van der Waals surface area contributed by atoms with E-state index in [1.54, 1.807) is 0 Å². The zero-order valence-corrected chi connectivity index (χ0v) is 12.6. The minimum absolute atomic E-state index is 0.265. The lowest BCUT2D eigenvalue weighted by molar-refractivity contribution is -0.139. The molecule has 1 aromatic carbocycles. The molecule has 2 aromatic rings. The molecular formula is C18H22N2O. The molecule has 1 fully saturated rings. The molecule has 0 bridgehead atoms. The molecule has 0 aliphatic carbocycles. The van der Waals surface area contributed by atoms with Gasteiger partial charge in [-0.05, 0) is 36.8 Å². The Kier molecular flexibility index (Phi) is 3.02. The number of nitrogens with one attached hydrogen (secondary N) is 1. The van der Waals surface area contributed by atoms with Crippen molar-refractivity contribution >= 4 is 16.8 Å². The van der Waals surface area contributed by atoms with Crippen molar-refractivity contribution in [2.24, 2.45) is 5.92 Å². The number of para-hydroxylation sites is 1. The zero-order valence-electron chi connectivity index (χ0n) is 12.6. The van der Waals surface area contributed by atoms with Gasteiger partial charge in [-0.15, -0.1) is 0 Å². The van der Waals surface area contributed by atoms with Gasteiger partial charge < -0.3 is 9.88 Å². The molecule has 3 nitrogen and oxygen atoms in total. The maximum Gasteiger partial charge on any atom is 0.223 e. The van der Waals surface area contributed by atoms with Crippen LogP contribution in [0.25, 0.3) is 10.9 Å². The normalized spacial score (nSPS) is 25.6. The van der Waals surface area contributed by atoms with Crippen molar-refractivity contribution in [3.05, 3.63) is 35.5 Å². The highest BCUT2D eigenvalue weighted by Gasteiger charge is 2.39. The van der Waals surface area contributed by atoms with Gasteiger partial charge in [-0.3, -0.25) is 4.79 Å². The number of nitrogens with zero attached hydrogens (tertiary/aromatic N) is 1. The van der Waals surface area contributed by atoms with Gasteiger partial charge in [0, 0.05) is 29.6 Å². The first-order valence-corrected chi connectivity index (χ1v) is 8.18. The topological polar surface area (TPSA) is 36.1 Å². The largest absolute Gasteiger partial charge is 0.356 e. The van der Waals surface area contributed by atoms with E-state index in [0.717, 1.165) is 38.6 Å². The predicted molar refractivity (Wildman–Crippen MR) is 84.1 cm³/mol. The second kappa shape index (κ2) is 4.90.